The van der Waals surface area contributed by atoms with Gasteiger partial charge in [0.1, 0.15) is 6.54 Å². The van der Waals surface area contributed by atoms with Gasteiger partial charge in [-0.2, -0.15) is 13.2 Å². The lowest BCUT2D eigenvalue weighted by molar-refractivity contribution is -0.134. The fourth-order valence-corrected chi connectivity index (χ4v) is 0.557. The Hall–Kier alpha value is -0.140. The Morgan fingerprint density at radius 3 is 2.10 bits per heavy atom. The van der Waals surface area contributed by atoms with Crippen molar-refractivity contribution in [1.82, 2.24) is 4.31 Å². The maximum atomic E-state index is 11.4. The minimum atomic E-state index is -4.46. The number of hydrogen-bond acceptors (Lipinski definition) is 2. The summed E-state index contributed by atoms with van der Waals surface area (Å²) >= 11 is -2.79. The molecule has 0 aliphatic carbocycles. The molecular weight excluding hydrogens is 171 g/mol. The Morgan fingerprint density at radius 1 is 1.60 bits per heavy atom. The zero-order chi connectivity index (χ0) is 8.36. The van der Waals surface area contributed by atoms with Crippen molar-refractivity contribution >= 4 is 11.3 Å². The Balaban J connectivity index is 3.80. The zero-order valence-corrected chi connectivity index (χ0v) is 5.83. The predicted octanol–water partition coefficient (Wildman–Crippen LogP) is 0.275. The van der Waals surface area contributed by atoms with Gasteiger partial charge in [-0.25, -0.2) is 4.31 Å². The van der Waals surface area contributed by atoms with Crippen molar-refractivity contribution < 1.29 is 21.9 Å². The minimum absolute atomic E-state index is 0.167. The Bertz CT molecular complexity index is 136. The largest absolute Gasteiger partial charge is 0.760 e. The molecule has 0 rings (SSSR count). The Kier molecular flexibility index (Phi) is 3.26. The smallest absolute Gasteiger partial charge is 0.402 e. The average Bonchev–Trinajstić information content (AvgIpc) is 1.60. The van der Waals surface area contributed by atoms with Crippen LogP contribution in [-0.4, -0.2) is 32.8 Å². The molecule has 1 unspecified atom stereocenters. The SMILES string of the molecule is CN(CC(F)(F)F)S(=O)[O-]. The van der Waals surface area contributed by atoms with E-state index in [9.17, 15) is 21.9 Å². The molecule has 0 radical (unpaired) electrons. The average molecular weight is 176 g/mol. The fraction of sp³-hybridized carbons (Fsp3) is 1.00. The number of rotatable bonds is 2. The van der Waals surface area contributed by atoms with E-state index in [0.717, 1.165) is 7.05 Å². The normalized spacial score (nSPS) is 15.8. The van der Waals surface area contributed by atoms with Crippen LogP contribution in [0.3, 0.4) is 0 Å². The maximum absolute atomic E-state index is 11.4. The number of alkyl halides is 3. The Labute approximate surface area is 58.2 Å². The molecule has 0 aromatic heterocycles. The molecule has 10 heavy (non-hydrogen) atoms. The second-order valence-corrected chi connectivity index (χ2v) is 2.68. The van der Waals surface area contributed by atoms with Gasteiger partial charge in [-0.05, 0) is 7.05 Å². The Morgan fingerprint density at radius 2 is 2.00 bits per heavy atom. The first-order valence-electron chi connectivity index (χ1n) is 2.20. The highest BCUT2D eigenvalue weighted by molar-refractivity contribution is 7.76. The van der Waals surface area contributed by atoms with E-state index in [-0.39, 0.29) is 4.31 Å². The second kappa shape index (κ2) is 3.31. The highest BCUT2D eigenvalue weighted by atomic mass is 32.2. The van der Waals surface area contributed by atoms with E-state index in [0.29, 0.717) is 0 Å². The summed E-state index contributed by atoms with van der Waals surface area (Å²) < 4.78 is 53.8. The van der Waals surface area contributed by atoms with E-state index in [1.54, 1.807) is 0 Å². The van der Waals surface area contributed by atoms with E-state index >= 15 is 0 Å². The van der Waals surface area contributed by atoms with Gasteiger partial charge in [-0.15, -0.1) is 0 Å². The molecule has 1 atom stereocenters. The van der Waals surface area contributed by atoms with Crippen LogP contribution in [-0.2, 0) is 11.3 Å². The van der Waals surface area contributed by atoms with E-state index in [4.69, 9.17) is 0 Å². The third kappa shape index (κ3) is 4.71. The van der Waals surface area contributed by atoms with Crippen molar-refractivity contribution in [2.24, 2.45) is 0 Å². The lowest BCUT2D eigenvalue weighted by Gasteiger charge is -2.19. The molecule has 0 aromatic rings. The van der Waals surface area contributed by atoms with Crippen LogP contribution in [0.25, 0.3) is 0 Å². The highest BCUT2D eigenvalue weighted by Gasteiger charge is 2.29. The summed E-state index contributed by atoms with van der Waals surface area (Å²) in [5, 5.41) is 0. The summed E-state index contributed by atoms with van der Waals surface area (Å²) in [7, 11) is 0.844. The van der Waals surface area contributed by atoms with Crippen LogP contribution in [0.15, 0.2) is 0 Å². The summed E-state index contributed by atoms with van der Waals surface area (Å²) in [5.41, 5.74) is 0. The third-order valence-corrected chi connectivity index (χ3v) is 1.29. The summed E-state index contributed by atoms with van der Waals surface area (Å²) in [4.78, 5) is 0. The topological polar surface area (TPSA) is 43.4 Å². The van der Waals surface area contributed by atoms with Gasteiger partial charge in [0.25, 0.3) is 0 Å². The lowest BCUT2D eigenvalue weighted by Crippen LogP contribution is -2.32. The summed E-state index contributed by atoms with van der Waals surface area (Å²) in [6.45, 7) is -1.44. The number of hydrogen-bond donors (Lipinski definition) is 0. The van der Waals surface area contributed by atoms with Crippen LogP contribution in [0.4, 0.5) is 13.2 Å². The first-order valence-corrected chi connectivity index (χ1v) is 3.23. The van der Waals surface area contributed by atoms with Crippen LogP contribution in [0, 0.1) is 0 Å². The number of halogens is 3. The van der Waals surface area contributed by atoms with Crippen LogP contribution in [0.5, 0.6) is 0 Å². The molecule has 7 heteroatoms. The van der Waals surface area contributed by atoms with Gasteiger partial charge in [0.2, 0.25) is 0 Å². The molecule has 0 bridgehead atoms. The standard InChI is InChI=1S/C3H6F3NO2S/c1-7(10(8)9)2-3(4,5)6/h2H2,1H3,(H,8,9)/p-1. The van der Waals surface area contributed by atoms with Crippen molar-refractivity contribution in [1.29, 1.82) is 0 Å². The van der Waals surface area contributed by atoms with Crippen LogP contribution >= 0.6 is 0 Å². The third-order valence-electron chi connectivity index (χ3n) is 0.656. The van der Waals surface area contributed by atoms with E-state index in [1.165, 1.54) is 0 Å². The van der Waals surface area contributed by atoms with Crippen molar-refractivity contribution in [3.8, 4) is 0 Å². The monoisotopic (exact) mass is 176 g/mol. The fourth-order valence-electron chi connectivity index (χ4n) is 0.305. The highest BCUT2D eigenvalue weighted by Crippen LogP contribution is 2.15. The van der Waals surface area contributed by atoms with Gasteiger partial charge in [0.05, 0.1) is 0 Å². The molecule has 0 saturated carbocycles. The quantitative estimate of drug-likeness (QED) is 0.567. The molecule has 0 spiro atoms. The molecule has 0 fully saturated rings. The van der Waals surface area contributed by atoms with E-state index in [1.807, 2.05) is 0 Å². The molecule has 3 nitrogen and oxygen atoms in total. The van der Waals surface area contributed by atoms with Gasteiger partial charge in [0, 0.05) is 11.3 Å². The van der Waals surface area contributed by atoms with Crippen LogP contribution in [0.1, 0.15) is 0 Å². The molecule has 62 valence electrons. The maximum Gasteiger partial charge on any atom is 0.402 e. The van der Waals surface area contributed by atoms with E-state index < -0.39 is 24.0 Å². The van der Waals surface area contributed by atoms with Gasteiger partial charge in [-0.1, -0.05) is 0 Å². The first kappa shape index (κ1) is 9.86. The molecule has 0 aromatic carbocycles. The molecular formula is C3H5F3NO2S-. The second-order valence-electron chi connectivity index (χ2n) is 1.62. The first-order chi connectivity index (χ1) is 4.33. The minimum Gasteiger partial charge on any atom is -0.760 e. The van der Waals surface area contributed by atoms with Gasteiger partial charge >= 0.3 is 6.18 Å². The number of nitrogens with zero attached hydrogens (tertiary/aromatic N) is 1. The molecule has 0 N–H and O–H groups in total. The summed E-state index contributed by atoms with van der Waals surface area (Å²) in [5.74, 6) is 0. The van der Waals surface area contributed by atoms with Crippen LogP contribution in [0.2, 0.25) is 0 Å². The van der Waals surface area contributed by atoms with Crippen molar-refractivity contribution in [2.45, 2.75) is 6.18 Å². The van der Waals surface area contributed by atoms with Crippen molar-refractivity contribution in [3.63, 3.8) is 0 Å². The molecule has 0 heterocycles. The van der Waals surface area contributed by atoms with Gasteiger partial charge in [-0.3, -0.25) is 4.21 Å². The summed E-state index contributed by atoms with van der Waals surface area (Å²) in [6.07, 6.45) is -4.46. The molecule has 0 aliphatic rings. The predicted molar refractivity (Wildman–Crippen MR) is 27.6 cm³/mol. The van der Waals surface area contributed by atoms with Crippen LogP contribution < -0.4 is 0 Å². The molecule has 0 saturated heterocycles. The zero-order valence-electron chi connectivity index (χ0n) is 5.01. The van der Waals surface area contributed by atoms with Gasteiger partial charge < -0.3 is 4.55 Å². The molecule has 0 amide bonds. The van der Waals surface area contributed by atoms with Crippen molar-refractivity contribution in [2.75, 3.05) is 13.6 Å². The van der Waals surface area contributed by atoms with E-state index in [2.05, 4.69) is 0 Å². The lowest BCUT2D eigenvalue weighted by atomic mass is 10.6. The van der Waals surface area contributed by atoms with Crippen molar-refractivity contribution in [3.05, 3.63) is 0 Å². The molecule has 0 aliphatic heterocycles. The summed E-state index contributed by atoms with van der Waals surface area (Å²) in [6, 6.07) is 0. The van der Waals surface area contributed by atoms with Gasteiger partial charge in [0.15, 0.2) is 0 Å².